The highest BCUT2D eigenvalue weighted by molar-refractivity contribution is 6.30. The van der Waals surface area contributed by atoms with Crippen molar-refractivity contribution < 1.29 is 4.74 Å². The molecule has 1 aromatic rings. The van der Waals surface area contributed by atoms with E-state index in [0.29, 0.717) is 5.92 Å². The van der Waals surface area contributed by atoms with Crippen LogP contribution in [0.2, 0.25) is 5.02 Å². The molecule has 0 spiro atoms. The Kier molecular flexibility index (Phi) is 5.07. The molecule has 1 atom stereocenters. The standard InChI is InChI=1S/C18H26ClNO/c1-21-18-10-7-14(19)11-16(18)17(12-20-15-8-9-15)13-5-3-2-4-6-13/h7,10-11,13,15,17,20H,2-6,8-9,12H2,1H3. The molecular weight excluding hydrogens is 282 g/mol. The molecule has 21 heavy (non-hydrogen) atoms. The second-order valence-electron chi connectivity index (χ2n) is 6.57. The zero-order valence-corrected chi connectivity index (χ0v) is 13.7. The van der Waals surface area contributed by atoms with Gasteiger partial charge >= 0.3 is 0 Å². The monoisotopic (exact) mass is 307 g/mol. The summed E-state index contributed by atoms with van der Waals surface area (Å²) < 4.78 is 5.61. The summed E-state index contributed by atoms with van der Waals surface area (Å²) in [6.45, 7) is 1.06. The summed E-state index contributed by atoms with van der Waals surface area (Å²) in [5.41, 5.74) is 1.30. The topological polar surface area (TPSA) is 21.3 Å². The van der Waals surface area contributed by atoms with Gasteiger partial charge in [0, 0.05) is 29.1 Å². The van der Waals surface area contributed by atoms with Gasteiger partial charge in [0.05, 0.1) is 7.11 Å². The summed E-state index contributed by atoms with van der Waals surface area (Å²) >= 11 is 6.26. The molecule has 0 saturated heterocycles. The molecule has 3 rings (SSSR count). The maximum absolute atomic E-state index is 6.26. The molecule has 0 aliphatic heterocycles. The van der Waals surface area contributed by atoms with E-state index in [9.17, 15) is 0 Å². The first-order chi connectivity index (χ1) is 10.3. The van der Waals surface area contributed by atoms with E-state index in [4.69, 9.17) is 16.3 Å². The van der Waals surface area contributed by atoms with Gasteiger partial charge in [0.15, 0.2) is 0 Å². The van der Waals surface area contributed by atoms with E-state index in [-0.39, 0.29) is 0 Å². The van der Waals surface area contributed by atoms with E-state index in [1.165, 1.54) is 50.5 Å². The van der Waals surface area contributed by atoms with Crippen LogP contribution < -0.4 is 10.1 Å². The van der Waals surface area contributed by atoms with Crippen molar-refractivity contribution >= 4 is 11.6 Å². The summed E-state index contributed by atoms with van der Waals surface area (Å²) in [4.78, 5) is 0. The van der Waals surface area contributed by atoms with Crippen LogP contribution in [0.15, 0.2) is 18.2 Å². The van der Waals surface area contributed by atoms with Crippen LogP contribution in [0.25, 0.3) is 0 Å². The smallest absolute Gasteiger partial charge is 0.122 e. The second kappa shape index (κ2) is 7.02. The lowest BCUT2D eigenvalue weighted by Gasteiger charge is -2.32. The Hall–Kier alpha value is -0.730. The molecule has 2 aliphatic carbocycles. The van der Waals surface area contributed by atoms with E-state index < -0.39 is 0 Å². The van der Waals surface area contributed by atoms with Crippen molar-refractivity contribution in [2.45, 2.75) is 56.9 Å². The SMILES string of the molecule is COc1ccc(Cl)cc1C(CNC1CC1)C1CCCCC1. The Morgan fingerprint density at radius 1 is 1.19 bits per heavy atom. The van der Waals surface area contributed by atoms with Crippen LogP contribution >= 0.6 is 11.6 Å². The average molecular weight is 308 g/mol. The van der Waals surface area contributed by atoms with Crippen LogP contribution in [-0.2, 0) is 0 Å². The summed E-state index contributed by atoms with van der Waals surface area (Å²) in [7, 11) is 1.76. The van der Waals surface area contributed by atoms with Gasteiger partial charge in [-0.15, -0.1) is 0 Å². The lowest BCUT2D eigenvalue weighted by molar-refractivity contribution is 0.290. The van der Waals surface area contributed by atoms with Crippen LogP contribution in [0.1, 0.15) is 56.4 Å². The lowest BCUT2D eigenvalue weighted by atomic mass is 9.76. The van der Waals surface area contributed by atoms with Gasteiger partial charge in [-0.3, -0.25) is 0 Å². The lowest BCUT2D eigenvalue weighted by Crippen LogP contribution is -2.29. The normalized spacial score (nSPS) is 21.2. The summed E-state index contributed by atoms with van der Waals surface area (Å²) in [6.07, 6.45) is 9.49. The van der Waals surface area contributed by atoms with Crippen molar-refractivity contribution in [1.82, 2.24) is 5.32 Å². The first kappa shape index (κ1) is 15.2. The Morgan fingerprint density at radius 2 is 1.95 bits per heavy atom. The minimum absolute atomic E-state index is 0.527. The largest absolute Gasteiger partial charge is 0.496 e. The van der Waals surface area contributed by atoms with Gasteiger partial charge < -0.3 is 10.1 Å². The van der Waals surface area contributed by atoms with Crippen molar-refractivity contribution in [2.75, 3.05) is 13.7 Å². The molecular formula is C18H26ClNO. The van der Waals surface area contributed by atoms with E-state index >= 15 is 0 Å². The molecule has 3 heteroatoms. The number of benzene rings is 1. The van der Waals surface area contributed by atoms with Gasteiger partial charge in [0.2, 0.25) is 0 Å². The highest BCUT2D eigenvalue weighted by Gasteiger charge is 2.29. The van der Waals surface area contributed by atoms with Crippen LogP contribution in [-0.4, -0.2) is 19.7 Å². The van der Waals surface area contributed by atoms with E-state index in [2.05, 4.69) is 11.4 Å². The molecule has 0 bridgehead atoms. The quantitative estimate of drug-likeness (QED) is 0.818. The maximum atomic E-state index is 6.26. The molecule has 0 radical (unpaired) electrons. The third-order valence-electron chi connectivity index (χ3n) is 5.01. The first-order valence-corrected chi connectivity index (χ1v) is 8.72. The molecule has 0 heterocycles. The molecule has 116 valence electrons. The van der Waals surface area contributed by atoms with Gasteiger partial charge in [-0.1, -0.05) is 30.9 Å². The van der Waals surface area contributed by atoms with Crippen LogP contribution in [0.3, 0.4) is 0 Å². The average Bonchev–Trinajstić information content (AvgIpc) is 3.33. The molecule has 0 amide bonds. The van der Waals surface area contributed by atoms with Crippen LogP contribution in [0.5, 0.6) is 5.75 Å². The van der Waals surface area contributed by atoms with Gasteiger partial charge in [0.1, 0.15) is 5.75 Å². The second-order valence-corrected chi connectivity index (χ2v) is 7.01. The Balaban J connectivity index is 1.83. The van der Waals surface area contributed by atoms with E-state index in [0.717, 1.165) is 29.3 Å². The van der Waals surface area contributed by atoms with Gasteiger partial charge in [-0.05, 0) is 49.8 Å². The molecule has 2 nitrogen and oxygen atoms in total. The highest BCUT2D eigenvalue weighted by atomic mass is 35.5. The highest BCUT2D eigenvalue weighted by Crippen LogP contribution is 2.40. The van der Waals surface area contributed by atoms with Crippen molar-refractivity contribution in [3.05, 3.63) is 28.8 Å². The summed E-state index contributed by atoms with van der Waals surface area (Å²) in [5, 5.41) is 4.54. The predicted octanol–water partition coefficient (Wildman–Crippen LogP) is 4.76. The predicted molar refractivity (Wildman–Crippen MR) is 88.3 cm³/mol. The third-order valence-corrected chi connectivity index (χ3v) is 5.25. The molecule has 0 aromatic heterocycles. The van der Waals surface area contributed by atoms with Crippen LogP contribution in [0.4, 0.5) is 0 Å². The number of halogens is 1. The third kappa shape index (κ3) is 3.92. The fourth-order valence-corrected chi connectivity index (χ4v) is 3.82. The molecule has 1 aromatic carbocycles. The minimum Gasteiger partial charge on any atom is -0.496 e. The molecule has 2 aliphatic rings. The number of methoxy groups -OCH3 is 1. The first-order valence-electron chi connectivity index (χ1n) is 8.34. The van der Waals surface area contributed by atoms with Crippen LogP contribution in [0, 0.1) is 5.92 Å². The van der Waals surface area contributed by atoms with Gasteiger partial charge in [-0.2, -0.15) is 0 Å². The Morgan fingerprint density at radius 3 is 2.62 bits per heavy atom. The molecule has 1 unspecified atom stereocenters. The number of hydrogen-bond acceptors (Lipinski definition) is 2. The van der Waals surface area contributed by atoms with E-state index in [1.807, 2.05) is 12.1 Å². The summed E-state index contributed by atoms with van der Waals surface area (Å²) in [5.74, 6) is 2.28. The Labute approximate surface area is 133 Å². The van der Waals surface area contributed by atoms with Crippen molar-refractivity contribution in [2.24, 2.45) is 5.92 Å². The zero-order valence-electron chi connectivity index (χ0n) is 12.9. The van der Waals surface area contributed by atoms with E-state index in [1.54, 1.807) is 7.11 Å². The molecule has 2 saturated carbocycles. The number of nitrogens with one attached hydrogen (secondary N) is 1. The Bertz CT molecular complexity index is 466. The zero-order chi connectivity index (χ0) is 14.7. The number of rotatable bonds is 6. The fraction of sp³-hybridized carbons (Fsp3) is 0.667. The number of hydrogen-bond donors (Lipinski definition) is 1. The maximum Gasteiger partial charge on any atom is 0.122 e. The van der Waals surface area contributed by atoms with Gasteiger partial charge in [0.25, 0.3) is 0 Å². The van der Waals surface area contributed by atoms with Crippen molar-refractivity contribution in [3.8, 4) is 5.75 Å². The molecule has 2 fully saturated rings. The van der Waals surface area contributed by atoms with Gasteiger partial charge in [-0.25, -0.2) is 0 Å². The molecule has 1 N–H and O–H groups in total. The summed E-state index contributed by atoms with van der Waals surface area (Å²) in [6, 6.07) is 6.82. The minimum atomic E-state index is 0.527. The number of ether oxygens (including phenoxy) is 1. The fourth-order valence-electron chi connectivity index (χ4n) is 3.64. The van der Waals surface area contributed by atoms with Crippen molar-refractivity contribution in [1.29, 1.82) is 0 Å². The van der Waals surface area contributed by atoms with Crippen molar-refractivity contribution in [3.63, 3.8) is 0 Å².